The van der Waals surface area contributed by atoms with E-state index < -0.39 is 4.92 Å². The topological polar surface area (TPSA) is 93.5 Å². The first-order valence-electron chi connectivity index (χ1n) is 7.59. The monoisotopic (exact) mass is 363 g/mol. The smallest absolute Gasteiger partial charge is 0.269 e. The predicted molar refractivity (Wildman–Crippen MR) is 96.3 cm³/mol. The number of rotatable bonds is 8. The number of non-ortho nitro benzene ring substituents is 1. The van der Waals surface area contributed by atoms with Gasteiger partial charge < -0.3 is 15.4 Å². The van der Waals surface area contributed by atoms with Gasteiger partial charge in [-0.3, -0.25) is 14.9 Å². The number of carbonyl (C=O) groups is 1. The molecule has 25 heavy (non-hydrogen) atoms. The molecule has 2 rings (SSSR count). The summed E-state index contributed by atoms with van der Waals surface area (Å²) in [4.78, 5) is 21.9. The summed E-state index contributed by atoms with van der Waals surface area (Å²) < 4.78 is 5.45. The second-order valence-electron chi connectivity index (χ2n) is 5.28. The summed E-state index contributed by atoms with van der Waals surface area (Å²) in [5, 5.41) is 17.0. The SMILES string of the molecule is Cc1cc(Cl)ccc1OCC(=O)NCCNc1ccc([N+](=O)[O-])cc1. The van der Waals surface area contributed by atoms with Crippen molar-refractivity contribution in [1.82, 2.24) is 5.32 Å². The van der Waals surface area contributed by atoms with Crippen LogP contribution in [0.2, 0.25) is 5.02 Å². The van der Waals surface area contributed by atoms with E-state index >= 15 is 0 Å². The lowest BCUT2D eigenvalue weighted by atomic mass is 10.2. The molecular formula is C17H18ClN3O4. The first kappa shape index (κ1) is 18.5. The fourth-order valence-corrected chi connectivity index (χ4v) is 2.31. The molecule has 0 fully saturated rings. The van der Waals surface area contributed by atoms with E-state index in [-0.39, 0.29) is 18.2 Å². The molecule has 132 valence electrons. The van der Waals surface area contributed by atoms with Gasteiger partial charge in [-0.25, -0.2) is 0 Å². The molecule has 2 N–H and O–H groups in total. The molecule has 0 unspecified atom stereocenters. The maximum atomic E-state index is 11.8. The van der Waals surface area contributed by atoms with E-state index in [1.165, 1.54) is 12.1 Å². The van der Waals surface area contributed by atoms with Crippen LogP contribution in [0.15, 0.2) is 42.5 Å². The summed E-state index contributed by atoms with van der Waals surface area (Å²) in [6.07, 6.45) is 0. The van der Waals surface area contributed by atoms with Crippen molar-refractivity contribution in [1.29, 1.82) is 0 Å². The van der Waals surface area contributed by atoms with Gasteiger partial charge in [-0.2, -0.15) is 0 Å². The Balaban J connectivity index is 1.67. The zero-order chi connectivity index (χ0) is 18.2. The highest BCUT2D eigenvalue weighted by Crippen LogP contribution is 2.21. The molecule has 0 spiro atoms. The normalized spacial score (nSPS) is 10.2. The average Bonchev–Trinajstić information content (AvgIpc) is 2.58. The van der Waals surface area contributed by atoms with E-state index in [1.807, 2.05) is 6.92 Å². The van der Waals surface area contributed by atoms with Crippen molar-refractivity contribution in [3.63, 3.8) is 0 Å². The summed E-state index contributed by atoms with van der Waals surface area (Å²) >= 11 is 5.86. The number of aryl methyl sites for hydroxylation is 1. The molecule has 0 aliphatic rings. The molecule has 0 radical (unpaired) electrons. The fourth-order valence-electron chi connectivity index (χ4n) is 2.08. The number of anilines is 1. The molecule has 0 heterocycles. The van der Waals surface area contributed by atoms with Gasteiger partial charge >= 0.3 is 0 Å². The summed E-state index contributed by atoms with van der Waals surface area (Å²) in [5.41, 5.74) is 1.64. The number of nitro benzene ring substituents is 1. The first-order chi connectivity index (χ1) is 12.0. The fraction of sp³-hybridized carbons (Fsp3) is 0.235. The number of hydrogen-bond donors (Lipinski definition) is 2. The number of carbonyl (C=O) groups excluding carboxylic acids is 1. The van der Waals surface area contributed by atoms with Crippen LogP contribution in [-0.2, 0) is 4.79 Å². The lowest BCUT2D eigenvalue weighted by Crippen LogP contribution is -2.32. The molecule has 7 nitrogen and oxygen atoms in total. The molecular weight excluding hydrogens is 346 g/mol. The van der Waals surface area contributed by atoms with Gasteiger partial charge in [-0.15, -0.1) is 0 Å². The molecule has 0 aromatic heterocycles. The van der Waals surface area contributed by atoms with E-state index in [2.05, 4.69) is 10.6 Å². The standard InChI is InChI=1S/C17H18ClN3O4/c1-12-10-13(18)2-7-16(12)25-11-17(22)20-9-8-19-14-3-5-15(6-4-14)21(23)24/h2-7,10,19H,8-9,11H2,1H3,(H,20,22). The van der Waals surface area contributed by atoms with Crippen LogP contribution in [0.1, 0.15) is 5.56 Å². The Morgan fingerprint density at radius 1 is 1.20 bits per heavy atom. The van der Waals surface area contributed by atoms with Gasteiger partial charge in [-0.05, 0) is 42.8 Å². The molecule has 0 aliphatic heterocycles. The summed E-state index contributed by atoms with van der Waals surface area (Å²) in [6, 6.07) is 11.3. The summed E-state index contributed by atoms with van der Waals surface area (Å²) in [7, 11) is 0. The van der Waals surface area contributed by atoms with E-state index in [9.17, 15) is 14.9 Å². The third-order valence-electron chi connectivity index (χ3n) is 3.35. The molecule has 0 aliphatic carbocycles. The van der Waals surface area contributed by atoms with E-state index in [1.54, 1.807) is 30.3 Å². The van der Waals surface area contributed by atoms with Crippen molar-refractivity contribution in [3.05, 3.63) is 63.2 Å². The molecule has 0 bridgehead atoms. The van der Waals surface area contributed by atoms with Crippen LogP contribution in [0.3, 0.4) is 0 Å². The summed E-state index contributed by atoms with van der Waals surface area (Å²) in [6.45, 7) is 2.66. The minimum Gasteiger partial charge on any atom is -0.484 e. The second-order valence-corrected chi connectivity index (χ2v) is 5.72. The number of ether oxygens (including phenoxy) is 1. The molecule has 0 saturated heterocycles. The van der Waals surface area contributed by atoms with E-state index in [4.69, 9.17) is 16.3 Å². The van der Waals surface area contributed by atoms with Gasteiger partial charge in [-0.1, -0.05) is 11.6 Å². The third kappa shape index (κ3) is 5.96. The number of hydrogen-bond acceptors (Lipinski definition) is 5. The highest BCUT2D eigenvalue weighted by molar-refractivity contribution is 6.30. The van der Waals surface area contributed by atoms with Crippen LogP contribution in [0, 0.1) is 17.0 Å². The molecule has 8 heteroatoms. The minimum absolute atomic E-state index is 0.0356. The van der Waals surface area contributed by atoms with Crippen LogP contribution >= 0.6 is 11.6 Å². The van der Waals surface area contributed by atoms with Crippen LogP contribution in [0.5, 0.6) is 5.75 Å². The van der Waals surface area contributed by atoms with Crippen LogP contribution in [0.25, 0.3) is 0 Å². The van der Waals surface area contributed by atoms with Crippen LogP contribution < -0.4 is 15.4 Å². The van der Waals surface area contributed by atoms with Crippen molar-refractivity contribution >= 4 is 28.9 Å². The quantitative estimate of drug-likeness (QED) is 0.427. The van der Waals surface area contributed by atoms with E-state index in [0.29, 0.717) is 23.9 Å². The predicted octanol–water partition coefficient (Wildman–Crippen LogP) is 3.16. The first-order valence-corrected chi connectivity index (χ1v) is 7.97. The average molecular weight is 364 g/mol. The van der Waals surface area contributed by atoms with Crippen molar-refractivity contribution in [2.24, 2.45) is 0 Å². The number of nitrogens with zero attached hydrogens (tertiary/aromatic N) is 1. The van der Waals surface area contributed by atoms with Gasteiger partial charge in [0.1, 0.15) is 5.75 Å². The number of nitrogens with one attached hydrogen (secondary N) is 2. The molecule has 2 aromatic rings. The number of halogens is 1. The number of benzene rings is 2. The lowest BCUT2D eigenvalue weighted by Gasteiger charge is -2.10. The van der Waals surface area contributed by atoms with Gasteiger partial charge in [0, 0.05) is 35.9 Å². The maximum Gasteiger partial charge on any atom is 0.269 e. The van der Waals surface area contributed by atoms with Gasteiger partial charge in [0.2, 0.25) is 0 Å². The largest absolute Gasteiger partial charge is 0.484 e. The molecule has 0 atom stereocenters. The van der Waals surface area contributed by atoms with Crippen molar-refractivity contribution in [2.75, 3.05) is 25.0 Å². The van der Waals surface area contributed by atoms with Gasteiger partial charge in [0.05, 0.1) is 4.92 Å². The highest BCUT2D eigenvalue weighted by Gasteiger charge is 2.06. The molecule has 2 aromatic carbocycles. The van der Waals surface area contributed by atoms with Crippen molar-refractivity contribution < 1.29 is 14.5 Å². The van der Waals surface area contributed by atoms with Crippen LogP contribution in [-0.4, -0.2) is 30.5 Å². The zero-order valence-corrected chi connectivity index (χ0v) is 14.4. The number of nitro groups is 1. The Hall–Kier alpha value is -2.80. The highest BCUT2D eigenvalue weighted by atomic mass is 35.5. The van der Waals surface area contributed by atoms with E-state index in [0.717, 1.165) is 11.3 Å². The van der Waals surface area contributed by atoms with Crippen LogP contribution in [0.4, 0.5) is 11.4 Å². The Kier molecular flexibility index (Phi) is 6.59. The third-order valence-corrected chi connectivity index (χ3v) is 3.59. The number of amides is 1. The summed E-state index contributed by atoms with van der Waals surface area (Å²) in [5.74, 6) is 0.378. The van der Waals surface area contributed by atoms with Gasteiger partial charge in [0.15, 0.2) is 6.61 Å². The van der Waals surface area contributed by atoms with Crippen molar-refractivity contribution in [3.8, 4) is 5.75 Å². The Morgan fingerprint density at radius 2 is 1.92 bits per heavy atom. The Bertz CT molecular complexity index is 750. The Morgan fingerprint density at radius 3 is 2.56 bits per heavy atom. The Labute approximate surface area is 150 Å². The molecule has 1 amide bonds. The second kappa shape index (κ2) is 8.89. The zero-order valence-electron chi connectivity index (χ0n) is 13.6. The lowest BCUT2D eigenvalue weighted by molar-refractivity contribution is -0.384. The molecule has 0 saturated carbocycles. The van der Waals surface area contributed by atoms with Gasteiger partial charge in [0.25, 0.3) is 11.6 Å². The maximum absolute atomic E-state index is 11.8. The minimum atomic E-state index is -0.452. The van der Waals surface area contributed by atoms with Crippen molar-refractivity contribution in [2.45, 2.75) is 6.92 Å².